The molecule has 158 valence electrons. The van der Waals surface area contributed by atoms with Crippen molar-refractivity contribution < 1.29 is 0 Å². The molecule has 28 heavy (non-hydrogen) atoms. The Morgan fingerprint density at radius 1 is 1.18 bits per heavy atom. The molecule has 1 saturated carbocycles. The Morgan fingerprint density at radius 3 is 2.43 bits per heavy atom. The predicted octanol–water partition coefficient (Wildman–Crippen LogP) is 3.68. The van der Waals surface area contributed by atoms with Crippen LogP contribution in [0.1, 0.15) is 38.2 Å². The number of hydrogen-bond acceptors (Lipinski definition) is 3. The van der Waals surface area contributed by atoms with Crippen molar-refractivity contribution >= 4 is 45.9 Å². The molecular weight excluding hydrogens is 529 g/mol. The van der Waals surface area contributed by atoms with Gasteiger partial charge in [0.1, 0.15) is 0 Å². The molecule has 0 radical (unpaired) electrons. The zero-order chi connectivity index (χ0) is 19.1. The lowest BCUT2D eigenvalue weighted by Crippen LogP contribution is -2.49. The highest BCUT2D eigenvalue weighted by Gasteiger charge is 2.27. The van der Waals surface area contributed by atoms with Gasteiger partial charge in [0.15, 0.2) is 5.96 Å². The van der Waals surface area contributed by atoms with E-state index in [1.165, 1.54) is 31.2 Å². The fourth-order valence-corrected chi connectivity index (χ4v) is 4.09. The molecule has 0 bridgehead atoms. The Hall–Kier alpha value is -0.380. The maximum absolute atomic E-state index is 4.42. The van der Waals surface area contributed by atoms with Crippen molar-refractivity contribution in [3.8, 4) is 0 Å². The summed E-state index contributed by atoms with van der Waals surface area (Å²) in [6.07, 6.45) is 5.08. The molecule has 1 aliphatic heterocycles. The predicted molar refractivity (Wildman–Crippen MR) is 133 cm³/mol. The zero-order valence-electron chi connectivity index (χ0n) is 17.2. The van der Waals surface area contributed by atoms with E-state index in [9.17, 15) is 0 Å². The lowest BCUT2D eigenvalue weighted by atomic mass is 10.0. The Labute approximate surface area is 195 Å². The number of likely N-dealkylation sites (tertiary alicyclic amines) is 1. The molecule has 0 aromatic heterocycles. The number of nitrogens with zero attached hydrogens (tertiary/aromatic N) is 3. The van der Waals surface area contributed by atoms with Crippen molar-refractivity contribution in [1.29, 1.82) is 0 Å². The molecule has 3 rings (SSSR count). The van der Waals surface area contributed by atoms with Gasteiger partial charge in [-0.05, 0) is 49.9 Å². The van der Waals surface area contributed by atoms with E-state index in [2.05, 4.69) is 72.5 Å². The van der Waals surface area contributed by atoms with E-state index in [1.54, 1.807) is 0 Å². The number of halogens is 2. The second kappa shape index (κ2) is 12.3. The van der Waals surface area contributed by atoms with E-state index in [4.69, 9.17) is 0 Å². The number of piperidine rings is 1. The van der Waals surface area contributed by atoms with E-state index in [0.717, 1.165) is 55.7 Å². The van der Waals surface area contributed by atoms with Crippen molar-refractivity contribution in [2.24, 2.45) is 4.99 Å². The van der Waals surface area contributed by atoms with Gasteiger partial charge in [0.2, 0.25) is 0 Å². The van der Waals surface area contributed by atoms with Gasteiger partial charge in [0.05, 0.1) is 0 Å². The van der Waals surface area contributed by atoms with Gasteiger partial charge in [-0.3, -0.25) is 14.8 Å². The highest BCUT2D eigenvalue weighted by molar-refractivity contribution is 14.0. The summed E-state index contributed by atoms with van der Waals surface area (Å²) in [5, 5.41) is 7.12. The first-order valence-electron chi connectivity index (χ1n) is 10.4. The normalized spacial score (nSPS) is 18.8. The maximum atomic E-state index is 4.42. The van der Waals surface area contributed by atoms with Gasteiger partial charge in [-0.15, -0.1) is 24.0 Å². The van der Waals surface area contributed by atoms with Gasteiger partial charge in [-0.25, -0.2) is 0 Å². The van der Waals surface area contributed by atoms with E-state index in [1.807, 2.05) is 7.05 Å². The quantitative estimate of drug-likeness (QED) is 0.288. The summed E-state index contributed by atoms with van der Waals surface area (Å²) in [5.41, 5.74) is 1.39. The molecule has 1 heterocycles. The lowest BCUT2D eigenvalue weighted by Gasteiger charge is -2.33. The summed E-state index contributed by atoms with van der Waals surface area (Å²) in [4.78, 5) is 9.54. The van der Waals surface area contributed by atoms with Gasteiger partial charge >= 0.3 is 0 Å². The van der Waals surface area contributed by atoms with Crippen LogP contribution in [0.3, 0.4) is 0 Å². The molecule has 2 N–H and O–H groups in total. The summed E-state index contributed by atoms with van der Waals surface area (Å²) >= 11 is 3.51. The summed E-state index contributed by atoms with van der Waals surface area (Å²) in [5.74, 6) is 0.952. The second-order valence-electron chi connectivity index (χ2n) is 7.68. The van der Waals surface area contributed by atoms with Crippen LogP contribution in [0.15, 0.2) is 33.7 Å². The number of rotatable bonds is 8. The highest BCUT2D eigenvalue weighted by atomic mass is 127. The number of aliphatic imine (C=N–C) groups is 1. The number of guanidine groups is 1. The summed E-state index contributed by atoms with van der Waals surface area (Å²) in [6.45, 7) is 8.79. The third-order valence-electron chi connectivity index (χ3n) is 5.63. The summed E-state index contributed by atoms with van der Waals surface area (Å²) in [7, 11) is 1.87. The first-order valence-corrected chi connectivity index (χ1v) is 11.1. The Kier molecular flexibility index (Phi) is 10.5. The van der Waals surface area contributed by atoms with Crippen molar-refractivity contribution in [3.63, 3.8) is 0 Å². The lowest BCUT2D eigenvalue weighted by molar-refractivity contribution is 0.198. The highest BCUT2D eigenvalue weighted by Crippen LogP contribution is 2.25. The zero-order valence-corrected chi connectivity index (χ0v) is 21.1. The van der Waals surface area contributed by atoms with Crippen LogP contribution >= 0.6 is 39.9 Å². The van der Waals surface area contributed by atoms with E-state index in [-0.39, 0.29) is 24.0 Å². The molecule has 0 spiro atoms. The minimum Gasteiger partial charge on any atom is -0.355 e. The monoisotopic (exact) mass is 563 g/mol. The standard InChI is InChI=1S/C21H34BrN5.HI/c1-3-27(20-8-9-20)15-12-24-21(23-2)25-19-10-13-26(14-11-19)16-17-4-6-18(22)7-5-17;/h4-7,19-20H,3,8-16H2,1-2H3,(H2,23,24,25);1H. The number of hydrogen-bond donors (Lipinski definition) is 2. The van der Waals surface area contributed by atoms with Gasteiger partial charge in [-0.2, -0.15) is 0 Å². The molecular formula is C21H35BrIN5. The maximum Gasteiger partial charge on any atom is 0.191 e. The van der Waals surface area contributed by atoms with Crippen LogP contribution in [0.5, 0.6) is 0 Å². The minimum atomic E-state index is 0. The number of nitrogens with one attached hydrogen (secondary N) is 2. The fourth-order valence-electron chi connectivity index (χ4n) is 3.83. The van der Waals surface area contributed by atoms with Crippen molar-refractivity contribution in [1.82, 2.24) is 20.4 Å². The van der Waals surface area contributed by atoms with Crippen LogP contribution in [-0.4, -0.2) is 67.6 Å². The van der Waals surface area contributed by atoms with Crippen molar-refractivity contribution in [3.05, 3.63) is 34.3 Å². The fraction of sp³-hybridized carbons (Fsp3) is 0.667. The molecule has 0 amide bonds. The molecule has 7 heteroatoms. The Balaban J connectivity index is 0.00000280. The van der Waals surface area contributed by atoms with Crippen LogP contribution < -0.4 is 10.6 Å². The topological polar surface area (TPSA) is 42.9 Å². The van der Waals surface area contributed by atoms with Crippen LogP contribution in [-0.2, 0) is 6.54 Å². The second-order valence-corrected chi connectivity index (χ2v) is 8.60. The van der Waals surface area contributed by atoms with Gasteiger partial charge in [-0.1, -0.05) is 35.0 Å². The molecule has 2 fully saturated rings. The third-order valence-corrected chi connectivity index (χ3v) is 6.16. The van der Waals surface area contributed by atoms with Crippen LogP contribution in [0.25, 0.3) is 0 Å². The minimum absolute atomic E-state index is 0. The van der Waals surface area contributed by atoms with Crippen LogP contribution in [0, 0.1) is 0 Å². The largest absolute Gasteiger partial charge is 0.355 e. The Bertz CT molecular complexity index is 597. The van der Waals surface area contributed by atoms with Gasteiger partial charge in [0, 0.05) is 56.3 Å². The molecule has 1 aliphatic carbocycles. The van der Waals surface area contributed by atoms with Gasteiger partial charge in [0.25, 0.3) is 0 Å². The first-order chi connectivity index (χ1) is 13.2. The van der Waals surface area contributed by atoms with Crippen LogP contribution in [0.2, 0.25) is 0 Å². The summed E-state index contributed by atoms with van der Waals surface area (Å²) in [6, 6.07) is 10.0. The molecule has 1 saturated heterocycles. The smallest absolute Gasteiger partial charge is 0.191 e. The van der Waals surface area contributed by atoms with E-state index < -0.39 is 0 Å². The summed E-state index contributed by atoms with van der Waals surface area (Å²) < 4.78 is 1.15. The number of likely N-dealkylation sites (N-methyl/N-ethyl adjacent to an activating group) is 1. The average molecular weight is 564 g/mol. The van der Waals surface area contributed by atoms with Crippen molar-refractivity contribution in [2.45, 2.75) is 51.2 Å². The number of benzene rings is 1. The van der Waals surface area contributed by atoms with E-state index in [0.29, 0.717) is 6.04 Å². The molecule has 0 unspecified atom stereocenters. The SMILES string of the molecule is CCN(CCNC(=NC)NC1CCN(Cc2ccc(Br)cc2)CC1)C1CC1.I. The first kappa shape index (κ1) is 23.9. The average Bonchev–Trinajstić information content (AvgIpc) is 3.52. The molecule has 1 aromatic carbocycles. The molecule has 0 atom stereocenters. The van der Waals surface area contributed by atoms with E-state index >= 15 is 0 Å². The van der Waals surface area contributed by atoms with Crippen molar-refractivity contribution in [2.75, 3.05) is 39.8 Å². The van der Waals surface area contributed by atoms with Gasteiger partial charge < -0.3 is 10.6 Å². The third kappa shape index (κ3) is 7.80. The molecule has 2 aliphatic rings. The molecule has 1 aromatic rings. The Morgan fingerprint density at radius 2 is 1.86 bits per heavy atom. The van der Waals surface area contributed by atoms with Crippen LogP contribution in [0.4, 0.5) is 0 Å². The molecule has 5 nitrogen and oxygen atoms in total.